The minimum atomic E-state index is -0.696. The zero-order chi connectivity index (χ0) is 20.6. The van der Waals surface area contributed by atoms with Gasteiger partial charge >= 0.3 is 11.7 Å². The fourth-order valence-electron chi connectivity index (χ4n) is 3.11. The van der Waals surface area contributed by atoms with Crippen molar-refractivity contribution in [2.24, 2.45) is 0 Å². The average molecular weight is 379 g/mol. The normalized spacial score (nSPS) is 11.5. The fourth-order valence-corrected chi connectivity index (χ4v) is 3.11. The second-order valence-corrected chi connectivity index (χ2v) is 8.01. The van der Waals surface area contributed by atoms with Gasteiger partial charge in [-0.3, -0.25) is 5.32 Å². The number of fused-ring (bicyclic) bond motifs is 1. The Kier molecular flexibility index (Phi) is 5.02. The summed E-state index contributed by atoms with van der Waals surface area (Å²) in [5, 5.41) is 3.39. The Morgan fingerprint density at radius 3 is 2.29 bits per heavy atom. The Hall–Kier alpha value is -3.08. The quantitative estimate of drug-likeness (QED) is 0.577. The second-order valence-electron chi connectivity index (χ2n) is 8.01. The van der Waals surface area contributed by atoms with Gasteiger partial charge in [-0.05, 0) is 75.9 Å². The highest BCUT2D eigenvalue weighted by Crippen LogP contribution is 2.36. The van der Waals surface area contributed by atoms with Crippen LogP contribution < -0.4 is 10.9 Å². The first-order valence-corrected chi connectivity index (χ1v) is 9.21. The molecule has 1 aromatic heterocycles. The SMILES string of the molecule is Cc1cc2oc(=O)c(NC(=O)OC(C)(C)C)c(-c3ccccc3C)c2cc1C. The minimum Gasteiger partial charge on any atom is -0.444 e. The summed E-state index contributed by atoms with van der Waals surface area (Å²) in [6.45, 7) is 11.2. The van der Waals surface area contributed by atoms with E-state index in [2.05, 4.69) is 5.32 Å². The molecule has 3 aromatic rings. The molecule has 0 radical (unpaired) electrons. The molecule has 1 N–H and O–H groups in total. The van der Waals surface area contributed by atoms with E-state index in [0.717, 1.165) is 27.6 Å². The number of anilines is 1. The van der Waals surface area contributed by atoms with Crippen LogP contribution in [0.1, 0.15) is 37.5 Å². The van der Waals surface area contributed by atoms with Crippen LogP contribution in [0.25, 0.3) is 22.1 Å². The Morgan fingerprint density at radius 2 is 1.64 bits per heavy atom. The molecular weight excluding hydrogens is 354 g/mol. The smallest absolute Gasteiger partial charge is 0.412 e. The number of amides is 1. The molecule has 0 saturated heterocycles. The number of benzene rings is 2. The van der Waals surface area contributed by atoms with Gasteiger partial charge in [-0.25, -0.2) is 9.59 Å². The van der Waals surface area contributed by atoms with Crippen molar-refractivity contribution in [2.45, 2.75) is 47.1 Å². The second kappa shape index (κ2) is 7.15. The molecule has 28 heavy (non-hydrogen) atoms. The van der Waals surface area contributed by atoms with E-state index >= 15 is 0 Å². The first kappa shape index (κ1) is 19.7. The lowest BCUT2D eigenvalue weighted by molar-refractivity contribution is 0.0635. The standard InChI is InChI=1S/C23H25NO4/c1-13-9-7-8-10-16(13)19-17-11-14(2)15(3)12-18(17)27-21(25)20(19)24-22(26)28-23(4,5)6/h7-12H,1-6H3,(H,24,26). The number of hydrogen-bond donors (Lipinski definition) is 1. The Morgan fingerprint density at radius 1 is 1.00 bits per heavy atom. The zero-order valence-electron chi connectivity index (χ0n) is 17.1. The monoisotopic (exact) mass is 379 g/mol. The molecule has 0 fully saturated rings. The molecule has 1 amide bonds. The van der Waals surface area contributed by atoms with Crippen LogP contribution in [0.15, 0.2) is 45.6 Å². The van der Waals surface area contributed by atoms with Crippen LogP contribution in [-0.4, -0.2) is 11.7 Å². The number of carbonyl (C=O) groups is 1. The van der Waals surface area contributed by atoms with Gasteiger partial charge in [0, 0.05) is 10.9 Å². The predicted molar refractivity (Wildman–Crippen MR) is 112 cm³/mol. The molecule has 3 rings (SSSR count). The molecule has 5 nitrogen and oxygen atoms in total. The summed E-state index contributed by atoms with van der Waals surface area (Å²) in [7, 11) is 0. The minimum absolute atomic E-state index is 0.0827. The van der Waals surface area contributed by atoms with Crippen LogP contribution in [0.3, 0.4) is 0 Å². The molecule has 0 unspecified atom stereocenters. The molecule has 0 atom stereocenters. The van der Waals surface area contributed by atoms with Crippen molar-refractivity contribution < 1.29 is 13.9 Å². The van der Waals surface area contributed by atoms with Gasteiger partial charge in [0.25, 0.3) is 0 Å². The summed E-state index contributed by atoms with van der Waals surface area (Å²) in [5.74, 6) is 0. The van der Waals surface area contributed by atoms with Crippen molar-refractivity contribution in [1.82, 2.24) is 0 Å². The van der Waals surface area contributed by atoms with E-state index in [0.29, 0.717) is 11.1 Å². The number of hydrogen-bond acceptors (Lipinski definition) is 4. The summed E-state index contributed by atoms with van der Waals surface area (Å²) < 4.78 is 10.9. The molecule has 5 heteroatoms. The van der Waals surface area contributed by atoms with Crippen LogP contribution in [0.5, 0.6) is 0 Å². The lowest BCUT2D eigenvalue weighted by Crippen LogP contribution is -2.29. The third-order valence-electron chi connectivity index (χ3n) is 4.56. The molecule has 2 aromatic carbocycles. The summed E-state index contributed by atoms with van der Waals surface area (Å²) in [4.78, 5) is 25.2. The largest absolute Gasteiger partial charge is 0.444 e. The third-order valence-corrected chi connectivity index (χ3v) is 4.56. The number of ether oxygens (including phenoxy) is 1. The molecule has 0 aliphatic carbocycles. The number of rotatable bonds is 2. The maximum Gasteiger partial charge on any atom is 0.412 e. The van der Waals surface area contributed by atoms with Crippen molar-refractivity contribution >= 4 is 22.7 Å². The lowest BCUT2D eigenvalue weighted by atomic mass is 9.94. The van der Waals surface area contributed by atoms with Gasteiger partial charge in [0.2, 0.25) is 0 Å². The number of carbonyl (C=O) groups excluding carboxylic acids is 1. The molecule has 0 spiro atoms. The van der Waals surface area contributed by atoms with E-state index in [4.69, 9.17) is 9.15 Å². The van der Waals surface area contributed by atoms with Crippen molar-refractivity contribution in [3.8, 4) is 11.1 Å². The number of aryl methyl sites for hydroxylation is 3. The van der Waals surface area contributed by atoms with Crippen LogP contribution >= 0.6 is 0 Å². The summed E-state index contributed by atoms with van der Waals surface area (Å²) in [5.41, 5.74) is 3.85. The van der Waals surface area contributed by atoms with Gasteiger partial charge in [0.05, 0.1) is 0 Å². The highest BCUT2D eigenvalue weighted by atomic mass is 16.6. The molecule has 0 bridgehead atoms. The van der Waals surface area contributed by atoms with Gasteiger partial charge in [0.1, 0.15) is 16.9 Å². The van der Waals surface area contributed by atoms with Crippen LogP contribution in [0.4, 0.5) is 10.5 Å². The Labute approximate surface area is 164 Å². The first-order chi connectivity index (χ1) is 13.1. The van der Waals surface area contributed by atoms with E-state index in [1.165, 1.54) is 0 Å². The maximum absolute atomic E-state index is 12.8. The van der Waals surface area contributed by atoms with Crippen LogP contribution in [-0.2, 0) is 4.74 Å². The highest BCUT2D eigenvalue weighted by molar-refractivity contribution is 6.04. The Balaban J connectivity index is 2.31. The Bertz CT molecular complexity index is 1120. The maximum atomic E-state index is 12.8. The zero-order valence-corrected chi connectivity index (χ0v) is 17.1. The molecular formula is C23H25NO4. The van der Waals surface area contributed by atoms with Gasteiger partial charge < -0.3 is 9.15 Å². The summed E-state index contributed by atoms with van der Waals surface area (Å²) in [6.07, 6.45) is -0.696. The van der Waals surface area contributed by atoms with Gasteiger partial charge in [-0.15, -0.1) is 0 Å². The molecule has 0 saturated carbocycles. The summed E-state index contributed by atoms with van der Waals surface area (Å²) in [6, 6.07) is 11.6. The third kappa shape index (κ3) is 3.93. The van der Waals surface area contributed by atoms with Crippen molar-refractivity contribution in [3.63, 3.8) is 0 Å². The van der Waals surface area contributed by atoms with Crippen molar-refractivity contribution in [3.05, 3.63) is 63.5 Å². The van der Waals surface area contributed by atoms with Crippen LogP contribution in [0.2, 0.25) is 0 Å². The van der Waals surface area contributed by atoms with E-state index in [1.54, 1.807) is 20.8 Å². The average Bonchev–Trinajstić information content (AvgIpc) is 2.57. The van der Waals surface area contributed by atoms with E-state index in [-0.39, 0.29) is 5.69 Å². The number of nitrogens with one attached hydrogen (secondary N) is 1. The lowest BCUT2D eigenvalue weighted by Gasteiger charge is -2.21. The van der Waals surface area contributed by atoms with Crippen molar-refractivity contribution in [2.75, 3.05) is 5.32 Å². The highest BCUT2D eigenvalue weighted by Gasteiger charge is 2.23. The molecule has 0 aliphatic heterocycles. The van der Waals surface area contributed by atoms with Crippen molar-refractivity contribution in [1.29, 1.82) is 0 Å². The predicted octanol–water partition coefficient (Wildman–Crippen LogP) is 5.73. The van der Waals surface area contributed by atoms with Gasteiger partial charge in [-0.1, -0.05) is 24.3 Å². The van der Waals surface area contributed by atoms with Gasteiger partial charge in [0.15, 0.2) is 0 Å². The molecule has 1 heterocycles. The first-order valence-electron chi connectivity index (χ1n) is 9.21. The van der Waals surface area contributed by atoms with Crippen LogP contribution in [0, 0.1) is 20.8 Å². The van der Waals surface area contributed by atoms with Gasteiger partial charge in [-0.2, -0.15) is 0 Å². The van der Waals surface area contributed by atoms with E-state index in [1.807, 2.05) is 57.2 Å². The molecule has 146 valence electrons. The summed E-state index contributed by atoms with van der Waals surface area (Å²) >= 11 is 0. The topological polar surface area (TPSA) is 68.5 Å². The van der Waals surface area contributed by atoms with E-state index in [9.17, 15) is 9.59 Å². The fraction of sp³-hybridized carbons (Fsp3) is 0.304. The molecule has 0 aliphatic rings. The van der Waals surface area contributed by atoms with E-state index < -0.39 is 17.3 Å².